The highest BCUT2D eigenvalue weighted by atomic mass is 35.5. The van der Waals surface area contributed by atoms with Gasteiger partial charge in [-0.15, -0.1) is 0 Å². The molecule has 2 rings (SSSR count). The average molecular weight is 265 g/mol. The van der Waals surface area contributed by atoms with Gasteiger partial charge in [0.1, 0.15) is 5.15 Å². The molecule has 0 aliphatic carbocycles. The van der Waals surface area contributed by atoms with Crippen LogP contribution in [-0.2, 0) is 7.05 Å². The number of carbonyl (C=O) groups excluding carboxylic acids is 1. The Bertz CT molecular complexity index is 606. The van der Waals surface area contributed by atoms with Gasteiger partial charge < -0.3 is 5.32 Å². The number of hydrogen-bond donors (Lipinski definition) is 1. The fourth-order valence-corrected chi connectivity index (χ4v) is 1.86. The van der Waals surface area contributed by atoms with E-state index in [-0.39, 0.29) is 5.91 Å². The molecule has 94 valence electrons. The van der Waals surface area contributed by atoms with E-state index < -0.39 is 0 Å². The van der Waals surface area contributed by atoms with Crippen molar-refractivity contribution < 1.29 is 4.79 Å². The van der Waals surface area contributed by atoms with Crippen molar-refractivity contribution in [2.24, 2.45) is 7.05 Å². The monoisotopic (exact) mass is 264 g/mol. The van der Waals surface area contributed by atoms with Gasteiger partial charge in [-0.1, -0.05) is 11.6 Å². The molecule has 0 atom stereocenters. The van der Waals surface area contributed by atoms with Crippen molar-refractivity contribution in [1.29, 1.82) is 0 Å². The zero-order chi connectivity index (χ0) is 13.3. The van der Waals surface area contributed by atoms with Gasteiger partial charge in [0.05, 0.1) is 17.1 Å². The molecule has 0 bridgehead atoms. The van der Waals surface area contributed by atoms with Crippen molar-refractivity contribution in [1.82, 2.24) is 14.8 Å². The van der Waals surface area contributed by atoms with Crippen LogP contribution in [0.4, 0.5) is 5.69 Å². The second kappa shape index (κ2) is 4.78. The van der Waals surface area contributed by atoms with E-state index in [2.05, 4.69) is 15.4 Å². The molecule has 2 heterocycles. The number of pyridine rings is 1. The summed E-state index contributed by atoms with van der Waals surface area (Å²) in [7, 11) is 1.83. The molecule has 1 amide bonds. The second-order valence-electron chi connectivity index (χ2n) is 3.99. The maximum Gasteiger partial charge on any atom is 0.255 e. The first-order valence-electron chi connectivity index (χ1n) is 5.42. The summed E-state index contributed by atoms with van der Waals surface area (Å²) in [6, 6.07) is 3.14. The van der Waals surface area contributed by atoms with E-state index in [4.69, 9.17) is 11.6 Å². The maximum atomic E-state index is 12.0. The lowest BCUT2D eigenvalue weighted by atomic mass is 10.2. The Balaban J connectivity index is 2.27. The number of halogens is 1. The van der Waals surface area contributed by atoms with Crippen molar-refractivity contribution in [3.8, 4) is 0 Å². The average Bonchev–Trinajstić information content (AvgIpc) is 2.56. The van der Waals surface area contributed by atoms with Crippen molar-refractivity contribution in [3.05, 3.63) is 40.4 Å². The number of hydrogen-bond acceptors (Lipinski definition) is 3. The molecule has 0 unspecified atom stereocenters. The van der Waals surface area contributed by atoms with E-state index in [1.807, 2.05) is 20.9 Å². The van der Waals surface area contributed by atoms with E-state index >= 15 is 0 Å². The fraction of sp³-hybridized carbons (Fsp3) is 0.250. The molecule has 0 saturated carbocycles. The smallest absolute Gasteiger partial charge is 0.255 e. The molecule has 0 saturated heterocycles. The standard InChI is InChI=1S/C12H13ClN4O/c1-7-11(8(2)17(3)16-7)15-12(18)9-4-5-14-10(13)6-9/h4-6H,1-3H3,(H,15,18). The third-order valence-corrected chi connectivity index (χ3v) is 2.94. The van der Waals surface area contributed by atoms with Crippen LogP contribution in [0, 0.1) is 13.8 Å². The zero-order valence-corrected chi connectivity index (χ0v) is 11.1. The molecular formula is C12H13ClN4O. The molecule has 6 heteroatoms. The highest BCUT2D eigenvalue weighted by Crippen LogP contribution is 2.19. The van der Waals surface area contributed by atoms with E-state index in [1.165, 1.54) is 12.3 Å². The van der Waals surface area contributed by atoms with E-state index in [0.717, 1.165) is 17.1 Å². The summed E-state index contributed by atoms with van der Waals surface area (Å²) in [5.74, 6) is -0.224. The fourth-order valence-electron chi connectivity index (χ4n) is 1.68. The van der Waals surface area contributed by atoms with Gasteiger partial charge >= 0.3 is 0 Å². The Kier molecular flexibility index (Phi) is 3.34. The topological polar surface area (TPSA) is 59.8 Å². The molecule has 18 heavy (non-hydrogen) atoms. The summed E-state index contributed by atoms with van der Waals surface area (Å²) < 4.78 is 1.73. The van der Waals surface area contributed by atoms with Gasteiger partial charge in [0.15, 0.2) is 0 Å². The Hall–Kier alpha value is -1.88. The van der Waals surface area contributed by atoms with Gasteiger partial charge in [-0.05, 0) is 26.0 Å². The van der Waals surface area contributed by atoms with Crippen LogP contribution in [0.5, 0.6) is 0 Å². The number of aromatic nitrogens is 3. The van der Waals surface area contributed by atoms with Crippen molar-refractivity contribution in [2.45, 2.75) is 13.8 Å². The third-order valence-electron chi connectivity index (χ3n) is 2.74. The molecule has 0 spiro atoms. The van der Waals surface area contributed by atoms with Crippen molar-refractivity contribution in [2.75, 3.05) is 5.32 Å². The van der Waals surface area contributed by atoms with Gasteiger partial charge in [-0.3, -0.25) is 9.48 Å². The molecule has 0 aliphatic heterocycles. The van der Waals surface area contributed by atoms with Crippen LogP contribution in [0.25, 0.3) is 0 Å². The van der Waals surface area contributed by atoms with Gasteiger partial charge in [0.2, 0.25) is 0 Å². The molecule has 5 nitrogen and oxygen atoms in total. The Morgan fingerprint density at radius 3 is 2.72 bits per heavy atom. The summed E-state index contributed by atoms with van der Waals surface area (Å²) in [6.07, 6.45) is 1.50. The summed E-state index contributed by atoms with van der Waals surface area (Å²) in [5, 5.41) is 7.37. The first-order valence-corrected chi connectivity index (χ1v) is 5.80. The molecule has 2 aromatic rings. The number of nitrogens with zero attached hydrogens (tertiary/aromatic N) is 3. The molecule has 0 radical (unpaired) electrons. The van der Waals surface area contributed by atoms with Crippen molar-refractivity contribution in [3.63, 3.8) is 0 Å². The minimum Gasteiger partial charge on any atom is -0.319 e. The van der Waals surface area contributed by atoms with Crippen LogP contribution in [0.15, 0.2) is 18.3 Å². The SMILES string of the molecule is Cc1nn(C)c(C)c1NC(=O)c1ccnc(Cl)c1. The highest BCUT2D eigenvalue weighted by molar-refractivity contribution is 6.29. The molecular weight excluding hydrogens is 252 g/mol. The zero-order valence-electron chi connectivity index (χ0n) is 10.4. The van der Waals surface area contributed by atoms with Gasteiger partial charge in [0, 0.05) is 18.8 Å². The highest BCUT2D eigenvalue weighted by Gasteiger charge is 2.13. The van der Waals surface area contributed by atoms with Gasteiger partial charge in [0.25, 0.3) is 5.91 Å². The molecule has 2 aromatic heterocycles. The number of amides is 1. The molecule has 1 N–H and O–H groups in total. The van der Waals surface area contributed by atoms with Crippen LogP contribution < -0.4 is 5.32 Å². The lowest BCUT2D eigenvalue weighted by Gasteiger charge is -2.05. The minimum absolute atomic E-state index is 0.224. The molecule has 0 fully saturated rings. The lowest BCUT2D eigenvalue weighted by Crippen LogP contribution is -2.13. The predicted molar refractivity (Wildman–Crippen MR) is 69.9 cm³/mol. The number of carbonyl (C=O) groups is 1. The van der Waals surface area contributed by atoms with Crippen molar-refractivity contribution >= 4 is 23.2 Å². The summed E-state index contributed by atoms with van der Waals surface area (Å²) in [6.45, 7) is 3.75. The van der Waals surface area contributed by atoms with Gasteiger partial charge in [-0.2, -0.15) is 5.10 Å². The maximum absolute atomic E-state index is 12.0. The van der Waals surface area contributed by atoms with Crippen LogP contribution in [0.1, 0.15) is 21.7 Å². The predicted octanol–water partition coefficient (Wildman–Crippen LogP) is 2.34. The molecule has 0 aliphatic rings. The number of anilines is 1. The van der Waals surface area contributed by atoms with Gasteiger partial charge in [-0.25, -0.2) is 4.98 Å². The largest absolute Gasteiger partial charge is 0.319 e. The summed E-state index contributed by atoms with van der Waals surface area (Å²) in [4.78, 5) is 15.9. The third kappa shape index (κ3) is 2.36. The molecule has 0 aromatic carbocycles. The normalized spacial score (nSPS) is 10.4. The summed E-state index contributed by atoms with van der Waals surface area (Å²) in [5.41, 5.74) is 2.89. The lowest BCUT2D eigenvalue weighted by molar-refractivity contribution is 0.102. The number of aryl methyl sites for hydroxylation is 2. The van der Waals surface area contributed by atoms with Crippen LogP contribution in [-0.4, -0.2) is 20.7 Å². The van der Waals surface area contributed by atoms with E-state index in [1.54, 1.807) is 10.7 Å². The second-order valence-corrected chi connectivity index (χ2v) is 4.38. The van der Waals surface area contributed by atoms with Crippen LogP contribution in [0.3, 0.4) is 0 Å². The first-order chi connectivity index (χ1) is 8.49. The number of nitrogens with one attached hydrogen (secondary N) is 1. The Morgan fingerprint density at radius 1 is 1.44 bits per heavy atom. The van der Waals surface area contributed by atoms with E-state index in [9.17, 15) is 4.79 Å². The van der Waals surface area contributed by atoms with E-state index in [0.29, 0.717) is 10.7 Å². The quantitative estimate of drug-likeness (QED) is 0.847. The first kappa shape index (κ1) is 12.6. The summed E-state index contributed by atoms with van der Waals surface area (Å²) >= 11 is 5.75. The number of rotatable bonds is 2. The Labute approximate surface area is 110 Å². The minimum atomic E-state index is -0.224. The van der Waals surface area contributed by atoms with Crippen LogP contribution in [0.2, 0.25) is 5.15 Å². The Morgan fingerprint density at radius 2 is 2.17 bits per heavy atom. The van der Waals surface area contributed by atoms with Crippen LogP contribution >= 0.6 is 11.6 Å².